The Hall–Kier alpha value is -1.74. The summed E-state index contributed by atoms with van der Waals surface area (Å²) in [5, 5.41) is 2.50. The summed E-state index contributed by atoms with van der Waals surface area (Å²) in [6, 6.07) is 0.115. The molecule has 0 saturated heterocycles. The van der Waals surface area contributed by atoms with Crippen LogP contribution in [-0.2, 0) is 14.8 Å². The van der Waals surface area contributed by atoms with Crippen LogP contribution in [0, 0.1) is 11.6 Å². The zero-order valence-electron chi connectivity index (χ0n) is 11.8. The molecule has 0 aliphatic heterocycles. The fraction of sp³-hybridized carbons (Fsp3) is 0.417. The van der Waals surface area contributed by atoms with Gasteiger partial charge in [-0.3, -0.25) is 4.79 Å². The summed E-state index contributed by atoms with van der Waals surface area (Å²) in [5.41, 5.74) is 5.06. The Bertz CT molecular complexity index is 647. The van der Waals surface area contributed by atoms with E-state index in [1.165, 1.54) is 6.92 Å². The molecule has 118 valence electrons. The lowest BCUT2D eigenvalue weighted by molar-refractivity contribution is -0.122. The standard InChI is InChI=1S/C12H17F2N3O3S/c1-6(2)16-12(18)7(3)17-21(19,20)10-5-8(15)4-9(13)11(10)14/h4-7,17H,15H2,1-3H3,(H,16,18). The topological polar surface area (TPSA) is 101 Å². The minimum atomic E-state index is -4.42. The minimum absolute atomic E-state index is 0.189. The number of carbonyl (C=O) groups excluding carboxylic acids is 1. The van der Waals surface area contributed by atoms with Crippen molar-refractivity contribution >= 4 is 21.6 Å². The highest BCUT2D eigenvalue weighted by molar-refractivity contribution is 7.89. The van der Waals surface area contributed by atoms with E-state index >= 15 is 0 Å². The van der Waals surface area contributed by atoms with Gasteiger partial charge in [0.05, 0.1) is 6.04 Å². The molecule has 1 aromatic rings. The average molecular weight is 321 g/mol. The second kappa shape index (κ2) is 6.35. The largest absolute Gasteiger partial charge is 0.399 e. The number of rotatable bonds is 5. The van der Waals surface area contributed by atoms with Crippen LogP contribution in [0.2, 0.25) is 0 Å². The summed E-state index contributed by atoms with van der Waals surface area (Å²) >= 11 is 0. The Balaban J connectivity index is 3.05. The summed E-state index contributed by atoms with van der Waals surface area (Å²) in [7, 11) is -4.42. The normalized spacial score (nSPS) is 13.2. The maximum absolute atomic E-state index is 13.6. The van der Waals surface area contributed by atoms with Gasteiger partial charge in [0.15, 0.2) is 11.6 Å². The number of carbonyl (C=O) groups is 1. The molecule has 6 nitrogen and oxygen atoms in total. The van der Waals surface area contributed by atoms with Gasteiger partial charge in [0.1, 0.15) is 4.90 Å². The molecular weight excluding hydrogens is 304 g/mol. The minimum Gasteiger partial charge on any atom is -0.399 e. The molecule has 1 aromatic carbocycles. The molecule has 1 amide bonds. The Morgan fingerprint density at radius 2 is 1.81 bits per heavy atom. The van der Waals surface area contributed by atoms with Gasteiger partial charge in [-0.05, 0) is 32.9 Å². The molecule has 1 unspecified atom stereocenters. The molecule has 0 bridgehead atoms. The lowest BCUT2D eigenvalue weighted by Gasteiger charge is -2.16. The Morgan fingerprint density at radius 3 is 2.33 bits per heavy atom. The number of amides is 1. The SMILES string of the molecule is CC(C)NC(=O)C(C)NS(=O)(=O)c1cc(N)cc(F)c1F. The highest BCUT2D eigenvalue weighted by Crippen LogP contribution is 2.21. The van der Waals surface area contributed by atoms with Crippen LogP contribution in [0.4, 0.5) is 14.5 Å². The third-order valence-corrected chi connectivity index (χ3v) is 4.00. The average Bonchev–Trinajstić information content (AvgIpc) is 2.32. The first kappa shape index (κ1) is 17.3. The zero-order valence-corrected chi connectivity index (χ0v) is 12.6. The molecule has 1 rings (SSSR count). The summed E-state index contributed by atoms with van der Waals surface area (Å²) in [6.07, 6.45) is 0. The molecule has 0 heterocycles. The van der Waals surface area contributed by atoms with E-state index in [1.807, 2.05) is 4.72 Å². The molecule has 0 spiro atoms. The van der Waals surface area contributed by atoms with Crippen molar-refractivity contribution in [2.24, 2.45) is 0 Å². The summed E-state index contributed by atoms with van der Waals surface area (Å²) in [6.45, 7) is 4.69. The van der Waals surface area contributed by atoms with Crippen molar-refractivity contribution in [3.05, 3.63) is 23.8 Å². The maximum Gasteiger partial charge on any atom is 0.244 e. The van der Waals surface area contributed by atoms with E-state index in [0.29, 0.717) is 6.07 Å². The number of benzene rings is 1. The van der Waals surface area contributed by atoms with E-state index in [1.54, 1.807) is 13.8 Å². The number of hydrogen-bond acceptors (Lipinski definition) is 4. The van der Waals surface area contributed by atoms with Crippen LogP contribution in [-0.4, -0.2) is 26.4 Å². The lowest BCUT2D eigenvalue weighted by Crippen LogP contribution is -2.46. The van der Waals surface area contributed by atoms with Gasteiger partial charge in [-0.1, -0.05) is 0 Å². The quantitative estimate of drug-likeness (QED) is 0.696. The first-order valence-corrected chi connectivity index (χ1v) is 7.60. The van der Waals surface area contributed by atoms with Gasteiger partial charge in [0.25, 0.3) is 0 Å². The number of anilines is 1. The number of hydrogen-bond donors (Lipinski definition) is 3. The molecule has 4 N–H and O–H groups in total. The number of halogens is 2. The van der Waals surface area contributed by atoms with E-state index in [2.05, 4.69) is 5.32 Å². The van der Waals surface area contributed by atoms with Crippen molar-refractivity contribution in [3.8, 4) is 0 Å². The van der Waals surface area contributed by atoms with Crippen molar-refractivity contribution in [3.63, 3.8) is 0 Å². The molecule has 9 heteroatoms. The van der Waals surface area contributed by atoms with Crippen LogP contribution in [0.25, 0.3) is 0 Å². The van der Waals surface area contributed by atoms with Gasteiger partial charge in [-0.15, -0.1) is 0 Å². The molecule has 21 heavy (non-hydrogen) atoms. The molecular formula is C12H17F2N3O3S. The van der Waals surface area contributed by atoms with Crippen molar-refractivity contribution < 1.29 is 22.0 Å². The third kappa shape index (κ3) is 4.36. The van der Waals surface area contributed by atoms with Gasteiger partial charge in [-0.2, -0.15) is 4.72 Å². The van der Waals surface area contributed by atoms with Crippen LogP contribution in [0.3, 0.4) is 0 Å². The van der Waals surface area contributed by atoms with Gasteiger partial charge in [-0.25, -0.2) is 17.2 Å². The molecule has 0 aromatic heterocycles. The van der Waals surface area contributed by atoms with Gasteiger partial charge in [0, 0.05) is 11.7 Å². The zero-order chi connectivity index (χ0) is 16.4. The predicted molar refractivity (Wildman–Crippen MR) is 73.8 cm³/mol. The van der Waals surface area contributed by atoms with Crippen LogP contribution in [0.15, 0.2) is 17.0 Å². The molecule has 0 aliphatic rings. The van der Waals surface area contributed by atoms with Gasteiger partial charge < -0.3 is 11.1 Å². The molecule has 1 atom stereocenters. The van der Waals surface area contributed by atoms with E-state index in [4.69, 9.17) is 5.73 Å². The van der Waals surface area contributed by atoms with E-state index in [9.17, 15) is 22.0 Å². The number of nitrogens with two attached hydrogens (primary N) is 1. The molecule has 0 fully saturated rings. The monoisotopic (exact) mass is 321 g/mol. The summed E-state index contributed by atoms with van der Waals surface area (Å²) in [5.74, 6) is -3.51. The van der Waals surface area contributed by atoms with E-state index in [-0.39, 0.29) is 11.7 Å². The smallest absolute Gasteiger partial charge is 0.244 e. The van der Waals surface area contributed by atoms with Gasteiger partial charge >= 0.3 is 0 Å². The van der Waals surface area contributed by atoms with Crippen molar-refractivity contribution in [1.29, 1.82) is 0 Å². The van der Waals surface area contributed by atoms with Crippen molar-refractivity contribution in [2.75, 3.05) is 5.73 Å². The summed E-state index contributed by atoms with van der Waals surface area (Å²) < 4.78 is 52.8. The maximum atomic E-state index is 13.6. The third-order valence-electron chi connectivity index (χ3n) is 2.46. The second-order valence-electron chi connectivity index (χ2n) is 4.82. The number of nitrogens with one attached hydrogen (secondary N) is 2. The molecule has 0 aliphatic carbocycles. The Kier molecular flexibility index (Phi) is 5.24. The fourth-order valence-electron chi connectivity index (χ4n) is 1.54. The van der Waals surface area contributed by atoms with E-state index in [0.717, 1.165) is 6.07 Å². The van der Waals surface area contributed by atoms with Crippen LogP contribution in [0.1, 0.15) is 20.8 Å². The highest BCUT2D eigenvalue weighted by atomic mass is 32.2. The molecule has 0 saturated carbocycles. The number of nitrogen functional groups attached to an aromatic ring is 1. The van der Waals surface area contributed by atoms with Crippen LogP contribution in [0.5, 0.6) is 0 Å². The fourth-order valence-corrected chi connectivity index (χ4v) is 2.86. The number of sulfonamides is 1. The van der Waals surface area contributed by atoms with Crippen LogP contribution < -0.4 is 15.8 Å². The second-order valence-corrected chi connectivity index (χ2v) is 6.50. The predicted octanol–water partition coefficient (Wildman–Crippen LogP) is 0.738. The Morgan fingerprint density at radius 1 is 1.24 bits per heavy atom. The highest BCUT2D eigenvalue weighted by Gasteiger charge is 2.27. The van der Waals surface area contributed by atoms with Crippen LogP contribution >= 0.6 is 0 Å². The molecule has 0 radical (unpaired) electrons. The van der Waals surface area contributed by atoms with Crippen molar-refractivity contribution in [2.45, 2.75) is 37.8 Å². The van der Waals surface area contributed by atoms with Gasteiger partial charge in [0.2, 0.25) is 15.9 Å². The Labute approximate surface area is 121 Å². The van der Waals surface area contributed by atoms with Crippen molar-refractivity contribution in [1.82, 2.24) is 10.0 Å². The van der Waals surface area contributed by atoms with E-state index < -0.39 is 38.5 Å². The first-order chi connectivity index (χ1) is 9.54. The summed E-state index contributed by atoms with van der Waals surface area (Å²) in [4.78, 5) is 10.7. The lowest BCUT2D eigenvalue weighted by atomic mass is 10.3. The first-order valence-electron chi connectivity index (χ1n) is 6.12.